The van der Waals surface area contributed by atoms with Crippen molar-refractivity contribution in [2.75, 3.05) is 28.4 Å². The van der Waals surface area contributed by atoms with Crippen molar-refractivity contribution in [3.8, 4) is 11.4 Å². The highest BCUT2D eigenvalue weighted by atomic mass is 32.2. The summed E-state index contributed by atoms with van der Waals surface area (Å²) in [7, 11) is 1.57. The summed E-state index contributed by atoms with van der Waals surface area (Å²) in [5, 5.41) is 10.4. The summed E-state index contributed by atoms with van der Waals surface area (Å²) in [6.45, 7) is 4.35. The fourth-order valence-corrected chi connectivity index (χ4v) is 4.75. The summed E-state index contributed by atoms with van der Waals surface area (Å²) in [6.07, 6.45) is -2.69. The Balaban J connectivity index is 1.37. The number of aryl methyl sites for hydroxylation is 1. The van der Waals surface area contributed by atoms with Crippen LogP contribution in [0.25, 0.3) is 5.69 Å². The Kier molecular flexibility index (Phi) is 11.2. The highest BCUT2D eigenvalue weighted by Gasteiger charge is 2.31. The van der Waals surface area contributed by atoms with E-state index in [0.29, 0.717) is 35.0 Å². The Morgan fingerprint density at radius 3 is 2.44 bits per heavy atom. The Morgan fingerprint density at radius 2 is 1.80 bits per heavy atom. The first kappa shape index (κ1) is 33.0. The van der Waals surface area contributed by atoms with Crippen molar-refractivity contribution < 1.29 is 32.2 Å². The maximum atomic E-state index is 12.9. The van der Waals surface area contributed by atoms with Gasteiger partial charge in [-0.05, 0) is 72.8 Å². The molecule has 1 aromatic heterocycles. The van der Waals surface area contributed by atoms with Crippen molar-refractivity contribution in [3.63, 3.8) is 0 Å². The van der Waals surface area contributed by atoms with Crippen molar-refractivity contribution in [2.45, 2.75) is 33.4 Å². The van der Waals surface area contributed by atoms with Gasteiger partial charge in [-0.1, -0.05) is 30.8 Å². The molecule has 0 aliphatic heterocycles. The van der Waals surface area contributed by atoms with Crippen LogP contribution in [0.1, 0.15) is 23.9 Å². The molecule has 3 aromatic carbocycles. The largest absolute Gasteiger partial charge is 0.573 e. The number of alkyl halides is 3. The quantitative estimate of drug-likeness (QED) is 0.108. The summed E-state index contributed by atoms with van der Waals surface area (Å²) < 4.78 is 47.7. The number of benzene rings is 3. The van der Waals surface area contributed by atoms with E-state index in [2.05, 4.69) is 30.4 Å². The number of anilines is 3. The second-order valence-corrected chi connectivity index (χ2v) is 10.6. The predicted octanol–water partition coefficient (Wildman–Crippen LogP) is 6.54. The molecule has 4 rings (SSSR count). The van der Waals surface area contributed by atoms with Crippen LogP contribution >= 0.6 is 11.8 Å². The second kappa shape index (κ2) is 15.2. The van der Waals surface area contributed by atoms with E-state index < -0.39 is 12.4 Å². The van der Waals surface area contributed by atoms with E-state index in [9.17, 15) is 22.8 Å². The molecule has 3 amide bonds. The van der Waals surface area contributed by atoms with Crippen LogP contribution in [0.15, 0.2) is 78.0 Å². The van der Waals surface area contributed by atoms with Gasteiger partial charge in [-0.2, -0.15) is 4.99 Å². The number of hydrogen-bond acceptors (Lipinski definition) is 8. The average molecular weight is 642 g/mol. The van der Waals surface area contributed by atoms with E-state index in [-0.39, 0.29) is 24.1 Å². The number of thioether (sulfide) groups is 1. The Hall–Kier alpha value is -4.89. The first-order valence-corrected chi connectivity index (χ1v) is 14.5. The number of rotatable bonds is 11. The predicted molar refractivity (Wildman–Crippen MR) is 167 cm³/mol. The van der Waals surface area contributed by atoms with Gasteiger partial charge >= 0.3 is 12.4 Å². The number of carbonyl (C=O) groups excluding carboxylic acids is 2. The van der Waals surface area contributed by atoms with Gasteiger partial charge in [0.25, 0.3) is 0 Å². The van der Waals surface area contributed by atoms with Crippen LogP contribution in [0.5, 0.6) is 5.75 Å². The van der Waals surface area contributed by atoms with Gasteiger partial charge in [0.2, 0.25) is 6.41 Å². The molecular formula is C30H30F3N7O4S. The molecule has 2 N–H and O–H groups in total. The van der Waals surface area contributed by atoms with Crippen LogP contribution in [0, 0.1) is 6.92 Å². The van der Waals surface area contributed by atoms with Crippen LogP contribution < -0.4 is 20.3 Å². The molecule has 0 unspecified atom stereocenters. The molecule has 0 atom stereocenters. The third kappa shape index (κ3) is 9.55. The van der Waals surface area contributed by atoms with Crippen LogP contribution in [0.2, 0.25) is 0 Å². The summed E-state index contributed by atoms with van der Waals surface area (Å²) in [5.41, 5.74) is 4.02. The van der Waals surface area contributed by atoms with Crippen LogP contribution in [-0.4, -0.2) is 51.6 Å². The lowest BCUT2D eigenvalue weighted by Gasteiger charge is -2.22. The average Bonchev–Trinajstić information content (AvgIpc) is 3.47. The zero-order chi connectivity index (χ0) is 32.4. The van der Waals surface area contributed by atoms with E-state index in [0.717, 1.165) is 16.8 Å². The lowest BCUT2D eigenvalue weighted by molar-refractivity contribution is -0.274. The van der Waals surface area contributed by atoms with Crippen molar-refractivity contribution in [1.82, 2.24) is 14.8 Å². The molecule has 0 aliphatic carbocycles. The number of hydrogen-bond donors (Lipinski definition) is 2. The molecule has 0 radical (unpaired) electrons. The Bertz CT molecular complexity index is 1630. The van der Waals surface area contributed by atoms with Gasteiger partial charge in [-0.25, -0.2) is 14.5 Å². The first-order chi connectivity index (χ1) is 21.6. The maximum absolute atomic E-state index is 12.9. The van der Waals surface area contributed by atoms with E-state index in [4.69, 9.17) is 4.74 Å². The molecule has 0 bridgehead atoms. The Morgan fingerprint density at radius 1 is 1.09 bits per heavy atom. The smallest absolute Gasteiger partial charge is 0.406 e. The summed E-state index contributed by atoms with van der Waals surface area (Å²) in [5.74, 6) is 0.695. The molecular weight excluding hydrogens is 611 g/mol. The second-order valence-electron chi connectivity index (χ2n) is 9.38. The molecule has 0 aliphatic rings. The van der Waals surface area contributed by atoms with Crippen molar-refractivity contribution in [1.29, 1.82) is 0 Å². The van der Waals surface area contributed by atoms with Crippen molar-refractivity contribution in [3.05, 3.63) is 90.0 Å². The molecule has 4 aromatic rings. The lowest BCUT2D eigenvalue weighted by atomic mass is 10.1. The topological polar surface area (TPSA) is 123 Å². The standard InChI is InChI=1S/C30H30F3N7O4S/c1-4-45-29(39(19-41)26-15-20(2)5-6-21(26)17-43-3)37-28(42)36-23-9-7-22(8-10-23)34-16-27-35-18-40(38-27)24-11-13-25(14-12-24)44-30(31,32)33/h5-15,18-19,34H,4,16-17H2,1-3H3,(H,36,42)/b37-29-. The minimum Gasteiger partial charge on any atom is -0.406 e. The normalized spacial score (nSPS) is 11.6. The molecule has 0 spiro atoms. The third-order valence-electron chi connectivity index (χ3n) is 6.04. The van der Waals surface area contributed by atoms with Gasteiger partial charge in [0.1, 0.15) is 12.1 Å². The van der Waals surface area contributed by atoms with E-state index in [1.54, 1.807) is 31.4 Å². The maximum Gasteiger partial charge on any atom is 0.573 e. The van der Waals surface area contributed by atoms with Gasteiger partial charge < -0.3 is 20.1 Å². The first-order valence-electron chi connectivity index (χ1n) is 13.5. The highest BCUT2D eigenvalue weighted by Crippen LogP contribution is 2.26. The molecule has 0 fully saturated rings. The van der Waals surface area contributed by atoms with E-state index in [1.165, 1.54) is 51.9 Å². The molecule has 11 nitrogen and oxygen atoms in total. The van der Waals surface area contributed by atoms with E-state index >= 15 is 0 Å². The van der Waals surface area contributed by atoms with Gasteiger partial charge in [-0.15, -0.1) is 18.3 Å². The van der Waals surface area contributed by atoms with Crippen LogP contribution in [0.4, 0.5) is 35.0 Å². The molecule has 45 heavy (non-hydrogen) atoms. The summed E-state index contributed by atoms with van der Waals surface area (Å²) >= 11 is 1.26. The summed E-state index contributed by atoms with van der Waals surface area (Å²) in [4.78, 5) is 34.8. The molecule has 236 valence electrons. The number of aliphatic imine (C=N–C) groups is 1. The fraction of sp³-hybridized carbons (Fsp3) is 0.233. The number of nitrogens with zero attached hydrogens (tertiary/aromatic N) is 5. The molecule has 15 heteroatoms. The third-order valence-corrected chi connectivity index (χ3v) is 6.88. The summed E-state index contributed by atoms with van der Waals surface area (Å²) in [6, 6.07) is 17.1. The molecule has 1 heterocycles. The fourth-order valence-electron chi connectivity index (χ4n) is 4.06. The van der Waals surface area contributed by atoms with Crippen molar-refractivity contribution in [2.24, 2.45) is 4.99 Å². The van der Waals surface area contributed by atoms with Gasteiger partial charge in [0.05, 0.1) is 24.5 Å². The minimum absolute atomic E-state index is 0.226. The highest BCUT2D eigenvalue weighted by molar-refractivity contribution is 8.14. The zero-order valence-corrected chi connectivity index (χ0v) is 25.4. The number of nitrogens with one attached hydrogen (secondary N) is 2. The van der Waals surface area contributed by atoms with Gasteiger partial charge in [0, 0.05) is 24.0 Å². The number of aromatic nitrogens is 3. The monoisotopic (exact) mass is 641 g/mol. The Labute approximate surface area is 261 Å². The number of amidine groups is 1. The van der Waals surface area contributed by atoms with Crippen LogP contribution in [0.3, 0.4) is 0 Å². The number of ether oxygens (including phenoxy) is 2. The SMILES string of the molecule is CCS/C(=N\C(=O)Nc1ccc(NCc2ncn(-c3ccc(OC(F)(F)F)cc3)n2)cc1)N(C=O)c1cc(C)ccc1COC. The number of methoxy groups -OCH3 is 1. The van der Waals surface area contributed by atoms with Gasteiger partial charge in [-0.3, -0.25) is 9.69 Å². The lowest BCUT2D eigenvalue weighted by Crippen LogP contribution is -2.30. The number of urea groups is 1. The molecule has 0 saturated carbocycles. The van der Waals surface area contributed by atoms with Crippen LogP contribution in [-0.2, 0) is 22.7 Å². The number of halogens is 3. The van der Waals surface area contributed by atoms with Gasteiger partial charge in [0.15, 0.2) is 11.0 Å². The minimum atomic E-state index is -4.77. The van der Waals surface area contributed by atoms with Crippen molar-refractivity contribution >= 4 is 46.4 Å². The molecule has 0 saturated heterocycles. The number of carbonyl (C=O) groups is 2. The zero-order valence-electron chi connectivity index (χ0n) is 24.5. The number of amides is 3. The van der Waals surface area contributed by atoms with E-state index in [1.807, 2.05) is 32.0 Å².